The summed E-state index contributed by atoms with van der Waals surface area (Å²) in [7, 11) is 2.67. The lowest BCUT2D eigenvalue weighted by atomic mass is 9.95. The number of ether oxygens (including phenoxy) is 4. The maximum absolute atomic E-state index is 14.8. The van der Waals surface area contributed by atoms with Crippen LogP contribution in [0.1, 0.15) is 32.1 Å². The maximum Gasteiger partial charge on any atom is 0.305 e. The van der Waals surface area contributed by atoms with Crippen LogP contribution in [0.25, 0.3) is 11.0 Å². The van der Waals surface area contributed by atoms with E-state index < -0.39 is 49.0 Å². The number of fused-ring (bicyclic) bond motifs is 1. The van der Waals surface area contributed by atoms with Gasteiger partial charge in [-0.3, -0.25) is 13.8 Å². The molecule has 34 heavy (non-hydrogen) atoms. The van der Waals surface area contributed by atoms with Crippen LogP contribution in [0.15, 0.2) is 6.07 Å². The van der Waals surface area contributed by atoms with Crippen molar-refractivity contribution >= 4 is 17.0 Å². The second kappa shape index (κ2) is 11.7. The molecule has 0 radical (unpaired) electrons. The van der Waals surface area contributed by atoms with Crippen LogP contribution in [0, 0.1) is 17.6 Å². The summed E-state index contributed by atoms with van der Waals surface area (Å²) >= 11 is 0. The fourth-order valence-electron chi connectivity index (χ4n) is 3.84. The number of benzene rings is 1. The fourth-order valence-corrected chi connectivity index (χ4v) is 3.84. The lowest BCUT2D eigenvalue weighted by molar-refractivity contribution is -0.142. The van der Waals surface area contributed by atoms with Crippen molar-refractivity contribution in [3.05, 3.63) is 17.7 Å². The van der Waals surface area contributed by atoms with E-state index in [2.05, 4.69) is 14.5 Å². The summed E-state index contributed by atoms with van der Waals surface area (Å²) in [6.07, 6.45) is -0.948. The minimum atomic E-state index is -2.83. The Morgan fingerprint density at radius 3 is 2.47 bits per heavy atom. The lowest BCUT2D eigenvalue weighted by Crippen LogP contribution is -2.30. The van der Waals surface area contributed by atoms with Crippen molar-refractivity contribution in [2.24, 2.45) is 13.0 Å². The van der Waals surface area contributed by atoms with Crippen LogP contribution >= 0.6 is 0 Å². The Kier molecular flexibility index (Phi) is 8.92. The van der Waals surface area contributed by atoms with E-state index in [0.717, 1.165) is 0 Å². The van der Waals surface area contributed by atoms with Crippen molar-refractivity contribution in [1.82, 2.24) is 9.55 Å². The monoisotopic (exact) mass is 494 g/mol. The van der Waals surface area contributed by atoms with Gasteiger partial charge in [-0.2, -0.15) is 4.98 Å². The average molecular weight is 494 g/mol. The van der Waals surface area contributed by atoms with Crippen LogP contribution in [0.4, 0.5) is 22.0 Å². The molecule has 0 amide bonds. The lowest BCUT2D eigenvalue weighted by Gasteiger charge is -2.29. The summed E-state index contributed by atoms with van der Waals surface area (Å²) in [5.41, 5.74) is -0.543. The predicted molar refractivity (Wildman–Crippen MR) is 111 cm³/mol. The molecule has 0 bridgehead atoms. The van der Waals surface area contributed by atoms with Gasteiger partial charge in [0.05, 0.1) is 32.9 Å². The number of aryl methyl sites for hydroxylation is 1. The zero-order valence-electron chi connectivity index (χ0n) is 18.9. The molecule has 1 heterocycles. The van der Waals surface area contributed by atoms with Crippen LogP contribution in [0.2, 0.25) is 0 Å². The van der Waals surface area contributed by atoms with Crippen molar-refractivity contribution in [3.8, 4) is 11.8 Å². The second-order valence-electron chi connectivity index (χ2n) is 8.17. The van der Waals surface area contributed by atoms with Gasteiger partial charge in [0.1, 0.15) is 23.7 Å². The number of alkyl halides is 3. The predicted octanol–water partition coefficient (Wildman–Crippen LogP) is 4.35. The van der Waals surface area contributed by atoms with Crippen molar-refractivity contribution in [3.63, 3.8) is 0 Å². The van der Waals surface area contributed by atoms with Gasteiger partial charge in [0.2, 0.25) is 0 Å². The number of halogens is 5. The molecule has 12 heteroatoms. The topological polar surface area (TPSA) is 71.8 Å². The van der Waals surface area contributed by atoms with Gasteiger partial charge < -0.3 is 18.9 Å². The molecule has 1 aromatic carbocycles. The van der Waals surface area contributed by atoms with E-state index in [1.54, 1.807) is 0 Å². The Labute approximate surface area is 193 Å². The summed E-state index contributed by atoms with van der Waals surface area (Å²) in [6.45, 7) is -1.66. The van der Waals surface area contributed by atoms with Crippen LogP contribution < -0.4 is 9.47 Å². The van der Waals surface area contributed by atoms with Crippen LogP contribution in [0.3, 0.4) is 0 Å². The summed E-state index contributed by atoms with van der Waals surface area (Å²) in [6, 6.07) is 0.670. The van der Waals surface area contributed by atoms with Gasteiger partial charge in [-0.1, -0.05) is 0 Å². The Balaban J connectivity index is 1.59. The van der Waals surface area contributed by atoms with E-state index in [1.807, 2.05) is 0 Å². The Morgan fingerprint density at radius 1 is 1.18 bits per heavy atom. The minimum absolute atomic E-state index is 0.0150. The molecule has 0 N–H and O–H groups in total. The standard InChI is InChI=1S/C22H27F5N2O5/c1-29-21-19(27)16(33-11-17(25)26)8-15(24)20(21)28-22(29)34-14-5-3-13(4-6-14)32-10-12(9-23)7-18(30)31-2/h8,12-14,17H,3-7,9-11H2,1-2H3/t12-,13?,14?/m0/s1. The average Bonchev–Trinajstić information content (AvgIpc) is 3.15. The van der Waals surface area contributed by atoms with Gasteiger partial charge in [-0.25, -0.2) is 17.6 Å². The van der Waals surface area contributed by atoms with Crippen molar-refractivity contribution in [2.45, 2.75) is 50.7 Å². The first kappa shape index (κ1) is 26.0. The molecule has 1 aliphatic carbocycles. The molecule has 0 spiro atoms. The van der Waals surface area contributed by atoms with Crippen LogP contribution in [-0.2, 0) is 21.3 Å². The molecule has 1 aromatic heterocycles. The van der Waals surface area contributed by atoms with E-state index >= 15 is 0 Å². The van der Waals surface area contributed by atoms with Crippen molar-refractivity contribution in [2.75, 3.05) is 27.0 Å². The fraction of sp³-hybridized carbons (Fsp3) is 0.636. The third-order valence-electron chi connectivity index (χ3n) is 5.69. The van der Waals surface area contributed by atoms with E-state index in [0.29, 0.717) is 31.7 Å². The smallest absolute Gasteiger partial charge is 0.305 e. The molecule has 1 atom stereocenters. The highest BCUT2D eigenvalue weighted by Gasteiger charge is 2.27. The van der Waals surface area contributed by atoms with E-state index in [4.69, 9.17) is 9.47 Å². The molecule has 190 valence electrons. The van der Waals surface area contributed by atoms with Gasteiger partial charge in [0.15, 0.2) is 17.4 Å². The van der Waals surface area contributed by atoms with Gasteiger partial charge >= 0.3 is 5.97 Å². The second-order valence-corrected chi connectivity index (χ2v) is 8.17. The molecule has 2 aromatic rings. The number of hydrogen-bond acceptors (Lipinski definition) is 6. The van der Waals surface area contributed by atoms with Gasteiger partial charge in [-0.05, 0) is 25.7 Å². The normalized spacial score (nSPS) is 19.4. The number of imidazole rings is 1. The molecule has 0 unspecified atom stereocenters. The first-order valence-electron chi connectivity index (χ1n) is 10.9. The number of nitrogens with zero attached hydrogens (tertiary/aromatic N) is 2. The molecule has 3 rings (SSSR count). The number of hydrogen-bond donors (Lipinski definition) is 0. The first-order chi connectivity index (χ1) is 16.2. The molecule has 1 aliphatic rings. The third-order valence-corrected chi connectivity index (χ3v) is 5.69. The molecular formula is C22H27F5N2O5. The summed E-state index contributed by atoms with van der Waals surface area (Å²) < 4.78 is 89.1. The van der Waals surface area contributed by atoms with Crippen molar-refractivity contribution in [1.29, 1.82) is 0 Å². The summed E-state index contributed by atoms with van der Waals surface area (Å²) in [5, 5.41) is 0. The summed E-state index contributed by atoms with van der Waals surface area (Å²) in [5.74, 6) is -3.62. The highest BCUT2D eigenvalue weighted by molar-refractivity contribution is 5.80. The van der Waals surface area contributed by atoms with Crippen LogP contribution in [-0.4, -0.2) is 61.2 Å². The summed E-state index contributed by atoms with van der Waals surface area (Å²) in [4.78, 5) is 15.3. The highest BCUT2D eigenvalue weighted by atomic mass is 19.3. The van der Waals surface area contributed by atoms with Gasteiger partial charge in [0.25, 0.3) is 12.4 Å². The molecule has 7 nitrogen and oxygen atoms in total. The van der Waals surface area contributed by atoms with Gasteiger partial charge in [-0.15, -0.1) is 0 Å². The number of carbonyl (C=O) groups is 1. The number of rotatable bonds is 11. The Morgan fingerprint density at radius 2 is 1.85 bits per heavy atom. The minimum Gasteiger partial charge on any atom is -0.484 e. The van der Waals surface area contributed by atoms with E-state index in [9.17, 15) is 26.7 Å². The molecule has 0 saturated heterocycles. The van der Waals surface area contributed by atoms with Crippen LogP contribution in [0.5, 0.6) is 11.8 Å². The number of methoxy groups -OCH3 is 1. The highest BCUT2D eigenvalue weighted by Crippen LogP contribution is 2.33. The third kappa shape index (κ3) is 6.28. The number of aromatic nitrogens is 2. The number of esters is 1. The Hall–Kier alpha value is -2.63. The number of carbonyl (C=O) groups excluding carboxylic acids is 1. The van der Waals surface area contributed by atoms with E-state index in [1.165, 1.54) is 18.7 Å². The maximum atomic E-state index is 14.8. The van der Waals surface area contributed by atoms with Gasteiger partial charge in [0, 0.05) is 19.0 Å². The zero-order valence-corrected chi connectivity index (χ0v) is 18.9. The molecular weight excluding hydrogens is 467 g/mol. The molecule has 1 fully saturated rings. The van der Waals surface area contributed by atoms with E-state index in [-0.39, 0.29) is 42.3 Å². The zero-order chi connectivity index (χ0) is 24.8. The largest absolute Gasteiger partial charge is 0.484 e. The van der Waals surface area contributed by atoms with Crippen molar-refractivity contribution < 1.29 is 45.7 Å². The quantitative estimate of drug-likeness (QED) is 0.342. The molecule has 0 aliphatic heterocycles. The first-order valence-corrected chi connectivity index (χ1v) is 10.9. The SMILES string of the molecule is COC(=O)C[C@@H](CF)COC1CCC(Oc2nc3c(F)cc(OCC(F)F)c(F)c3n2C)CC1. The molecule has 1 saturated carbocycles. The Bertz CT molecular complexity index is 978.